The zero-order valence-corrected chi connectivity index (χ0v) is 35.9. The molecule has 2 heterocycles. The summed E-state index contributed by atoms with van der Waals surface area (Å²) in [7, 11) is 0.870. The minimum absolute atomic E-state index is 0.154. The molecule has 0 spiro atoms. The number of aromatic nitrogens is 2. The second-order valence-corrected chi connectivity index (χ2v) is 21.3. The Kier molecular flexibility index (Phi) is 12.7. The van der Waals surface area contributed by atoms with E-state index >= 15 is 0 Å². The third-order valence-electron chi connectivity index (χ3n) is 10.6. The summed E-state index contributed by atoms with van der Waals surface area (Å²) in [6, 6.07) is 35.9. The van der Waals surface area contributed by atoms with Gasteiger partial charge < -0.3 is 23.5 Å². The quantitative estimate of drug-likeness (QED) is 0.110. The van der Waals surface area contributed by atoms with E-state index in [4.69, 9.17) is 37.1 Å². The maximum Gasteiger partial charge on any atom is 0.338 e. The zero-order valence-electron chi connectivity index (χ0n) is 33.4. The summed E-state index contributed by atoms with van der Waals surface area (Å²) in [6.07, 6.45) is 5.31. The zero-order chi connectivity index (χ0) is 40.9. The number of nitrogens with zero attached hydrogens (tertiary/aromatic N) is 1. The fraction of sp³-hybridized carbons (Fsp3) is 0.234. The van der Waals surface area contributed by atoms with Crippen molar-refractivity contribution in [2.75, 3.05) is 14.2 Å². The molecule has 0 atom stereocenters. The Balaban J connectivity index is 0.000000221. The van der Waals surface area contributed by atoms with Crippen LogP contribution in [0.5, 0.6) is 5.75 Å². The number of carbonyl (C=O) groups excluding carboxylic acids is 2. The van der Waals surface area contributed by atoms with E-state index < -0.39 is 8.32 Å². The van der Waals surface area contributed by atoms with E-state index in [-0.39, 0.29) is 17.0 Å². The van der Waals surface area contributed by atoms with Crippen molar-refractivity contribution in [3.05, 3.63) is 171 Å². The first-order valence-electron chi connectivity index (χ1n) is 18.8. The molecule has 0 saturated heterocycles. The number of H-pyrrole nitrogens is 1. The Morgan fingerprint density at radius 1 is 0.684 bits per heavy atom. The normalized spacial score (nSPS) is 11.6. The third kappa shape index (κ3) is 10.00. The monoisotopic (exact) mass is 818 g/mol. The van der Waals surface area contributed by atoms with Gasteiger partial charge in [-0.1, -0.05) is 80.4 Å². The van der Waals surface area contributed by atoms with Crippen LogP contribution in [-0.2, 0) is 28.9 Å². The fourth-order valence-corrected chi connectivity index (χ4v) is 7.87. The largest absolute Gasteiger partial charge is 0.543 e. The molecule has 7 aromatic rings. The van der Waals surface area contributed by atoms with Gasteiger partial charge in [0, 0.05) is 40.0 Å². The molecule has 0 unspecified atom stereocenters. The molecule has 7 rings (SSSR count). The Morgan fingerprint density at radius 3 is 1.88 bits per heavy atom. The van der Waals surface area contributed by atoms with Crippen LogP contribution < -0.4 is 4.43 Å². The van der Waals surface area contributed by atoms with E-state index in [1.165, 1.54) is 25.3 Å². The van der Waals surface area contributed by atoms with Gasteiger partial charge in [0.15, 0.2) is 0 Å². The molecule has 0 amide bonds. The number of fused-ring (bicyclic) bond motifs is 2. The second kappa shape index (κ2) is 17.5. The van der Waals surface area contributed by atoms with Crippen molar-refractivity contribution in [2.24, 2.45) is 0 Å². The molecule has 1 N–H and O–H groups in total. The predicted molar refractivity (Wildman–Crippen MR) is 235 cm³/mol. The van der Waals surface area contributed by atoms with Crippen molar-refractivity contribution in [1.82, 2.24) is 9.55 Å². The number of ether oxygens (including phenoxy) is 2. The van der Waals surface area contributed by atoms with Gasteiger partial charge in [0.05, 0.1) is 25.3 Å². The van der Waals surface area contributed by atoms with Crippen molar-refractivity contribution >= 4 is 65.3 Å². The van der Waals surface area contributed by atoms with Crippen molar-refractivity contribution in [2.45, 2.75) is 58.3 Å². The van der Waals surface area contributed by atoms with Crippen molar-refractivity contribution in [3.63, 3.8) is 0 Å². The SMILES string of the molecule is COC(=O)c1cc(Cl)ccc1Cc1ccc2[nH]ccc2c1.COC(=O)c1cc(Cl)ccc1Cc1ccc2c(ccn2Cc2cccc(O[Si](C)(C)C(C)(C)C)c2)c1. The highest BCUT2D eigenvalue weighted by Gasteiger charge is 2.39. The Morgan fingerprint density at radius 2 is 1.28 bits per heavy atom. The van der Waals surface area contributed by atoms with E-state index in [0.717, 1.165) is 50.8 Å². The third-order valence-corrected chi connectivity index (χ3v) is 15.5. The first kappa shape index (κ1) is 41.4. The number of carbonyl (C=O) groups is 2. The van der Waals surface area contributed by atoms with Crippen LogP contribution in [0.4, 0.5) is 0 Å². The molecule has 10 heteroatoms. The molecule has 5 aromatic carbocycles. The number of hydrogen-bond donors (Lipinski definition) is 1. The lowest BCUT2D eigenvalue weighted by Crippen LogP contribution is -2.43. The van der Waals surface area contributed by atoms with Gasteiger partial charge in [-0.15, -0.1) is 0 Å². The molecule has 0 bridgehead atoms. The summed E-state index contributed by atoms with van der Waals surface area (Å²) in [5, 5.41) is 3.52. The molecule has 57 heavy (non-hydrogen) atoms. The number of aromatic amines is 1. The molecule has 0 aliphatic carbocycles. The minimum Gasteiger partial charge on any atom is -0.543 e. The maximum atomic E-state index is 12.2. The van der Waals surface area contributed by atoms with Crippen LogP contribution >= 0.6 is 23.2 Å². The summed E-state index contributed by atoms with van der Waals surface area (Å²) >= 11 is 12.1. The highest BCUT2D eigenvalue weighted by atomic mass is 35.5. The molecule has 0 saturated carbocycles. The van der Waals surface area contributed by atoms with Gasteiger partial charge in [0.1, 0.15) is 5.75 Å². The topological polar surface area (TPSA) is 82.6 Å². The maximum absolute atomic E-state index is 12.2. The summed E-state index contributed by atoms with van der Waals surface area (Å²) in [5.74, 6) is 0.205. The predicted octanol–water partition coefficient (Wildman–Crippen LogP) is 12.3. The molecule has 294 valence electrons. The van der Waals surface area contributed by atoms with E-state index in [1.54, 1.807) is 24.3 Å². The number of benzene rings is 5. The number of esters is 2. The fourth-order valence-electron chi connectivity index (χ4n) is 6.51. The van der Waals surface area contributed by atoms with Gasteiger partial charge in [-0.2, -0.15) is 0 Å². The van der Waals surface area contributed by atoms with Gasteiger partial charge in [0.2, 0.25) is 8.32 Å². The van der Waals surface area contributed by atoms with E-state index in [2.05, 4.69) is 110 Å². The molecule has 0 fully saturated rings. The summed E-state index contributed by atoms with van der Waals surface area (Å²) in [5.41, 5.74) is 8.54. The van der Waals surface area contributed by atoms with Crippen LogP contribution in [0.2, 0.25) is 28.2 Å². The van der Waals surface area contributed by atoms with Gasteiger partial charge in [-0.25, -0.2) is 9.59 Å². The lowest BCUT2D eigenvalue weighted by Gasteiger charge is -2.36. The standard InChI is InChI=1S/C30H34ClNO3Si.C17H14ClNO2/c1-30(2,3)36(5,6)35-26-9-7-8-22(18-26)20-32-15-14-24-17-21(10-13-28(24)32)16-23-11-12-25(31)19-27(23)29(33)34-4;1-21-17(20)15-10-14(18)4-3-12(15)8-11-2-5-16-13(9-11)6-7-19-16/h7-15,17-19H,16,20H2,1-6H3;2-7,9-10,19H,8H2,1H3. The van der Waals surface area contributed by atoms with Crippen LogP contribution in [0, 0.1) is 0 Å². The van der Waals surface area contributed by atoms with Crippen LogP contribution in [-0.4, -0.2) is 44.0 Å². The highest BCUT2D eigenvalue weighted by molar-refractivity contribution is 6.74. The summed E-state index contributed by atoms with van der Waals surface area (Å²) in [6.45, 7) is 12.1. The van der Waals surface area contributed by atoms with Crippen molar-refractivity contribution in [3.8, 4) is 5.75 Å². The first-order valence-corrected chi connectivity index (χ1v) is 22.5. The number of nitrogens with one attached hydrogen (secondary N) is 1. The highest BCUT2D eigenvalue weighted by Crippen LogP contribution is 2.37. The Labute approximate surface area is 345 Å². The minimum atomic E-state index is -1.89. The number of halogens is 2. The van der Waals surface area contributed by atoms with Gasteiger partial charge in [-0.3, -0.25) is 0 Å². The Bertz CT molecular complexity index is 2550. The average molecular weight is 820 g/mol. The Hall–Kier alpha value is -5.28. The summed E-state index contributed by atoms with van der Waals surface area (Å²) < 4.78 is 18.5. The van der Waals surface area contributed by atoms with Gasteiger partial charge >= 0.3 is 11.9 Å². The second-order valence-electron chi connectivity index (χ2n) is 15.7. The smallest absolute Gasteiger partial charge is 0.338 e. The molecule has 2 aromatic heterocycles. The molecular weight excluding hydrogens is 772 g/mol. The summed E-state index contributed by atoms with van der Waals surface area (Å²) in [4.78, 5) is 27.3. The lowest BCUT2D eigenvalue weighted by atomic mass is 9.99. The molecule has 7 nitrogen and oxygen atoms in total. The van der Waals surface area contributed by atoms with E-state index in [0.29, 0.717) is 34.0 Å². The van der Waals surface area contributed by atoms with Gasteiger partial charge in [-0.05, 0) is 142 Å². The number of hydrogen-bond acceptors (Lipinski definition) is 5. The van der Waals surface area contributed by atoms with Crippen LogP contribution in [0.15, 0.2) is 122 Å². The molecule has 0 radical (unpaired) electrons. The first-order chi connectivity index (χ1) is 27.1. The number of methoxy groups -OCH3 is 2. The van der Waals surface area contributed by atoms with Crippen LogP contribution in [0.25, 0.3) is 21.8 Å². The molecule has 0 aliphatic rings. The van der Waals surface area contributed by atoms with Gasteiger partial charge in [0.25, 0.3) is 0 Å². The molecular formula is C47H48Cl2N2O5Si. The molecule has 0 aliphatic heterocycles. The van der Waals surface area contributed by atoms with E-state index in [9.17, 15) is 9.59 Å². The average Bonchev–Trinajstić information content (AvgIpc) is 3.82. The van der Waals surface area contributed by atoms with Crippen molar-refractivity contribution in [1.29, 1.82) is 0 Å². The van der Waals surface area contributed by atoms with Crippen LogP contribution in [0.3, 0.4) is 0 Å². The van der Waals surface area contributed by atoms with Crippen molar-refractivity contribution < 1.29 is 23.5 Å². The number of rotatable bonds is 10. The lowest BCUT2D eigenvalue weighted by molar-refractivity contribution is 0.0590. The van der Waals surface area contributed by atoms with E-state index in [1.807, 2.05) is 30.5 Å². The van der Waals surface area contributed by atoms with Crippen LogP contribution in [0.1, 0.15) is 69.3 Å².